The first kappa shape index (κ1) is 20.3. The number of nitrogens with zero attached hydrogens (tertiary/aromatic N) is 3. The first-order valence-electron chi connectivity index (χ1n) is 10.6. The van der Waals surface area contributed by atoms with Crippen molar-refractivity contribution in [3.63, 3.8) is 0 Å². The van der Waals surface area contributed by atoms with Crippen LogP contribution >= 0.6 is 11.3 Å². The molecule has 0 amide bonds. The molecule has 160 valence electrons. The van der Waals surface area contributed by atoms with E-state index in [4.69, 9.17) is 5.73 Å². The van der Waals surface area contributed by atoms with Crippen LogP contribution in [0.2, 0.25) is 0 Å². The fourth-order valence-corrected chi connectivity index (χ4v) is 4.78. The molecule has 0 unspecified atom stereocenters. The summed E-state index contributed by atoms with van der Waals surface area (Å²) in [7, 11) is 0. The first-order chi connectivity index (χ1) is 15.5. The molecule has 0 spiro atoms. The molecule has 0 saturated heterocycles. The number of benzene rings is 2. The summed E-state index contributed by atoms with van der Waals surface area (Å²) in [6.07, 6.45) is 0. The zero-order valence-electron chi connectivity index (χ0n) is 18.4. The third-order valence-electron chi connectivity index (χ3n) is 5.57. The molecular weight excluding hydrogens is 414 g/mol. The Labute approximate surface area is 191 Å². The number of thiophene rings is 1. The maximum absolute atomic E-state index is 6.09. The van der Waals surface area contributed by atoms with Gasteiger partial charge in [-0.05, 0) is 38.0 Å². The van der Waals surface area contributed by atoms with Crippen molar-refractivity contribution >= 4 is 28.5 Å². The van der Waals surface area contributed by atoms with Crippen LogP contribution < -0.4 is 11.1 Å². The predicted octanol–water partition coefficient (Wildman–Crippen LogP) is 6.24. The lowest BCUT2D eigenvalue weighted by Crippen LogP contribution is -2.00. The number of hydrogen-bond acceptors (Lipinski definition) is 5. The Morgan fingerprint density at radius 3 is 2.38 bits per heavy atom. The molecule has 0 aliphatic rings. The highest BCUT2D eigenvalue weighted by atomic mass is 32.1. The van der Waals surface area contributed by atoms with Crippen LogP contribution in [0, 0.1) is 20.8 Å². The standard InChI is InChI=1S/C26H25N5S/c1-16-4-6-19(7-5-16)15-28-22-13-24(32-18(22)3)21-10-8-20(9-11-21)23-14-26-29-17(2)12-25(27)31(26)30-23/h4-14,28H,15,27H2,1-3H3. The van der Waals surface area contributed by atoms with Crippen molar-refractivity contribution in [1.82, 2.24) is 14.6 Å². The van der Waals surface area contributed by atoms with Gasteiger partial charge in [0.05, 0.1) is 5.69 Å². The maximum Gasteiger partial charge on any atom is 0.158 e. The Kier molecular flexibility index (Phi) is 5.15. The maximum atomic E-state index is 6.09. The van der Waals surface area contributed by atoms with Gasteiger partial charge in [0.25, 0.3) is 0 Å². The van der Waals surface area contributed by atoms with E-state index in [0.717, 1.165) is 29.1 Å². The van der Waals surface area contributed by atoms with Crippen LogP contribution in [-0.2, 0) is 6.54 Å². The molecule has 32 heavy (non-hydrogen) atoms. The molecule has 0 fully saturated rings. The molecular formula is C26H25N5S. The summed E-state index contributed by atoms with van der Waals surface area (Å²) in [5.41, 5.74) is 14.6. The third-order valence-corrected chi connectivity index (χ3v) is 6.67. The molecule has 6 heteroatoms. The van der Waals surface area contributed by atoms with E-state index in [-0.39, 0.29) is 0 Å². The van der Waals surface area contributed by atoms with Gasteiger partial charge in [0.1, 0.15) is 5.82 Å². The van der Waals surface area contributed by atoms with E-state index in [0.29, 0.717) is 5.82 Å². The third kappa shape index (κ3) is 3.97. The van der Waals surface area contributed by atoms with Crippen LogP contribution in [0.15, 0.2) is 66.7 Å². The molecule has 5 aromatic rings. The largest absolute Gasteiger partial charge is 0.384 e. The van der Waals surface area contributed by atoms with Gasteiger partial charge in [0.2, 0.25) is 0 Å². The molecule has 0 aliphatic heterocycles. The van der Waals surface area contributed by atoms with Crippen molar-refractivity contribution in [3.8, 4) is 21.7 Å². The van der Waals surface area contributed by atoms with Crippen LogP contribution in [0.1, 0.15) is 21.7 Å². The second-order valence-corrected chi connectivity index (χ2v) is 9.38. The van der Waals surface area contributed by atoms with E-state index in [9.17, 15) is 0 Å². The number of hydrogen-bond donors (Lipinski definition) is 2. The second-order valence-electron chi connectivity index (χ2n) is 8.12. The summed E-state index contributed by atoms with van der Waals surface area (Å²) in [4.78, 5) is 7.05. The number of aryl methyl sites for hydroxylation is 3. The van der Waals surface area contributed by atoms with Crippen molar-refractivity contribution in [2.45, 2.75) is 27.3 Å². The van der Waals surface area contributed by atoms with Gasteiger partial charge >= 0.3 is 0 Å². The van der Waals surface area contributed by atoms with Gasteiger partial charge in [-0.3, -0.25) is 0 Å². The van der Waals surface area contributed by atoms with Gasteiger partial charge in [-0.15, -0.1) is 11.3 Å². The zero-order chi connectivity index (χ0) is 22.2. The molecule has 0 radical (unpaired) electrons. The molecule has 5 rings (SSSR count). The molecule has 3 heterocycles. The summed E-state index contributed by atoms with van der Waals surface area (Å²) >= 11 is 1.81. The quantitative estimate of drug-likeness (QED) is 0.340. The van der Waals surface area contributed by atoms with Crippen LogP contribution in [0.3, 0.4) is 0 Å². The van der Waals surface area contributed by atoms with E-state index >= 15 is 0 Å². The Balaban J connectivity index is 1.35. The zero-order valence-corrected chi connectivity index (χ0v) is 19.2. The molecule has 3 N–H and O–H groups in total. The van der Waals surface area contributed by atoms with Gasteiger partial charge in [-0.1, -0.05) is 54.1 Å². The monoisotopic (exact) mass is 439 g/mol. The summed E-state index contributed by atoms with van der Waals surface area (Å²) in [5.74, 6) is 0.593. The SMILES string of the molecule is Cc1ccc(CNc2cc(-c3ccc(-c4cc5nc(C)cc(N)n5n4)cc3)sc2C)cc1. The van der Waals surface area contributed by atoms with E-state index < -0.39 is 0 Å². The molecule has 0 atom stereocenters. The minimum Gasteiger partial charge on any atom is -0.384 e. The van der Waals surface area contributed by atoms with Crippen LogP contribution in [0.25, 0.3) is 27.3 Å². The van der Waals surface area contributed by atoms with E-state index in [1.165, 1.54) is 32.1 Å². The van der Waals surface area contributed by atoms with Crippen LogP contribution in [-0.4, -0.2) is 14.6 Å². The number of nitrogens with two attached hydrogens (primary N) is 1. The molecule has 3 aromatic heterocycles. The summed E-state index contributed by atoms with van der Waals surface area (Å²) in [6, 6.07) is 23.2. The van der Waals surface area contributed by atoms with Crippen molar-refractivity contribution in [2.75, 3.05) is 11.1 Å². The van der Waals surface area contributed by atoms with E-state index in [1.807, 2.05) is 19.1 Å². The van der Waals surface area contributed by atoms with Gasteiger partial charge < -0.3 is 11.1 Å². The molecule has 0 bridgehead atoms. The average molecular weight is 440 g/mol. The van der Waals surface area contributed by atoms with E-state index in [2.05, 4.69) is 83.8 Å². The summed E-state index contributed by atoms with van der Waals surface area (Å²) in [5, 5.41) is 8.20. The lowest BCUT2D eigenvalue weighted by atomic mass is 10.1. The minimum absolute atomic E-state index is 0.593. The number of fused-ring (bicyclic) bond motifs is 1. The highest BCUT2D eigenvalue weighted by Gasteiger charge is 2.11. The average Bonchev–Trinajstić information content (AvgIpc) is 3.37. The Bertz CT molecular complexity index is 1400. The Morgan fingerprint density at radius 1 is 0.906 bits per heavy atom. The normalized spacial score (nSPS) is 11.2. The number of nitrogens with one attached hydrogen (secondary N) is 1. The Morgan fingerprint density at radius 2 is 1.62 bits per heavy atom. The van der Waals surface area contributed by atoms with Crippen molar-refractivity contribution in [1.29, 1.82) is 0 Å². The van der Waals surface area contributed by atoms with Gasteiger partial charge in [-0.25, -0.2) is 4.98 Å². The Hall–Kier alpha value is -3.64. The lowest BCUT2D eigenvalue weighted by Gasteiger charge is -2.06. The smallest absolute Gasteiger partial charge is 0.158 e. The molecule has 2 aromatic carbocycles. The van der Waals surface area contributed by atoms with E-state index in [1.54, 1.807) is 15.9 Å². The topological polar surface area (TPSA) is 68.2 Å². The second kappa shape index (κ2) is 8.13. The number of rotatable bonds is 5. The summed E-state index contributed by atoms with van der Waals surface area (Å²) < 4.78 is 1.69. The predicted molar refractivity (Wildman–Crippen MR) is 134 cm³/mol. The highest BCUT2D eigenvalue weighted by Crippen LogP contribution is 2.35. The summed E-state index contributed by atoms with van der Waals surface area (Å²) in [6.45, 7) is 7.03. The molecule has 0 saturated carbocycles. The first-order valence-corrected chi connectivity index (χ1v) is 11.4. The number of anilines is 2. The fourth-order valence-electron chi connectivity index (χ4n) is 3.78. The minimum atomic E-state index is 0.593. The molecule has 0 aliphatic carbocycles. The van der Waals surface area contributed by atoms with Crippen molar-refractivity contribution in [2.24, 2.45) is 0 Å². The van der Waals surface area contributed by atoms with Crippen LogP contribution in [0.4, 0.5) is 11.5 Å². The number of nitrogen functional groups attached to an aromatic ring is 1. The van der Waals surface area contributed by atoms with Crippen LogP contribution in [0.5, 0.6) is 0 Å². The highest BCUT2D eigenvalue weighted by molar-refractivity contribution is 7.16. The molecule has 5 nitrogen and oxygen atoms in total. The lowest BCUT2D eigenvalue weighted by molar-refractivity contribution is 0.946. The number of aromatic nitrogens is 3. The van der Waals surface area contributed by atoms with Crippen molar-refractivity contribution < 1.29 is 0 Å². The van der Waals surface area contributed by atoms with Gasteiger partial charge in [0.15, 0.2) is 5.65 Å². The fraction of sp³-hybridized carbons (Fsp3) is 0.154. The van der Waals surface area contributed by atoms with Gasteiger partial charge in [0, 0.05) is 45.4 Å². The van der Waals surface area contributed by atoms with Crippen molar-refractivity contribution in [3.05, 3.63) is 88.4 Å². The van der Waals surface area contributed by atoms with Gasteiger partial charge in [-0.2, -0.15) is 9.61 Å².